The van der Waals surface area contributed by atoms with Crippen molar-refractivity contribution in [3.63, 3.8) is 0 Å². The summed E-state index contributed by atoms with van der Waals surface area (Å²) >= 11 is 0. The first-order chi connectivity index (χ1) is 8.69. The molecule has 0 aromatic carbocycles. The Kier molecular flexibility index (Phi) is 6.55. The first-order valence-electron chi connectivity index (χ1n) is 5.62. The fourth-order valence-electron chi connectivity index (χ4n) is 1.29. The number of nitrogens with two attached hydrogens (primary N) is 1. The highest BCUT2D eigenvalue weighted by Gasteiger charge is 2.04. The molecule has 1 atom stereocenters. The molecule has 8 heteroatoms. The van der Waals surface area contributed by atoms with E-state index in [1.807, 2.05) is 6.92 Å². The van der Waals surface area contributed by atoms with Crippen molar-refractivity contribution in [3.8, 4) is 0 Å². The summed E-state index contributed by atoms with van der Waals surface area (Å²) in [4.78, 5) is 8.38. The van der Waals surface area contributed by atoms with Crippen molar-refractivity contribution in [2.75, 3.05) is 35.9 Å². The standard InChI is InChI=1S/C10H19N5O2S/c1-3-18(16)5-4-12-8-6-9(15-11)14-10(13-8)7-17-2/h6H,3-5,7,11H2,1-2H3,(H2,12,13,14,15). The van der Waals surface area contributed by atoms with E-state index in [0.29, 0.717) is 42.1 Å². The van der Waals surface area contributed by atoms with E-state index in [4.69, 9.17) is 10.6 Å². The number of aromatic nitrogens is 2. The van der Waals surface area contributed by atoms with Crippen LogP contribution >= 0.6 is 0 Å². The van der Waals surface area contributed by atoms with Gasteiger partial charge in [0.1, 0.15) is 18.2 Å². The van der Waals surface area contributed by atoms with Gasteiger partial charge in [-0.1, -0.05) is 6.92 Å². The molecule has 0 saturated heterocycles. The minimum Gasteiger partial charge on any atom is -0.377 e. The molecule has 0 aliphatic carbocycles. The molecule has 0 spiro atoms. The third-order valence-electron chi connectivity index (χ3n) is 2.15. The number of hydrogen-bond acceptors (Lipinski definition) is 7. The van der Waals surface area contributed by atoms with Gasteiger partial charge in [-0.15, -0.1) is 0 Å². The van der Waals surface area contributed by atoms with Crippen LogP contribution in [-0.4, -0.2) is 39.3 Å². The lowest BCUT2D eigenvalue weighted by molar-refractivity contribution is 0.178. The Morgan fingerprint density at radius 2 is 2.17 bits per heavy atom. The van der Waals surface area contributed by atoms with Crippen LogP contribution in [0, 0.1) is 0 Å². The second-order valence-corrected chi connectivity index (χ2v) is 5.36. The maximum Gasteiger partial charge on any atom is 0.158 e. The second-order valence-electron chi connectivity index (χ2n) is 3.49. The van der Waals surface area contributed by atoms with Crippen molar-refractivity contribution in [1.29, 1.82) is 0 Å². The number of nitrogens with zero attached hydrogens (tertiary/aromatic N) is 2. The molecule has 1 unspecified atom stereocenters. The minimum atomic E-state index is -0.787. The van der Waals surface area contributed by atoms with Crippen molar-refractivity contribution in [2.45, 2.75) is 13.5 Å². The molecule has 1 aromatic heterocycles. The van der Waals surface area contributed by atoms with Gasteiger partial charge < -0.3 is 15.5 Å². The molecular formula is C10H19N5O2S. The predicted molar refractivity (Wildman–Crippen MR) is 72.6 cm³/mol. The lowest BCUT2D eigenvalue weighted by Gasteiger charge is -2.09. The van der Waals surface area contributed by atoms with Gasteiger partial charge in [0.25, 0.3) is 0 Å². The largest absolute Gasteiger partial charge is 0.377 e. The van der Waals surface area contributed by atoms with Gasteiger partial charge in [-0.3, -0.25) is 4.21 Å². The number of rotatable bonds is 8. The van der Waals surface area contributed by atoms with Gasteiger partial charge in [0, 0.05) is 42.0 Å². The van der Waals surface area contributed by atoms with Gasteiger partial charge in [-0.25, -0.2) is 15.8 Å². The topological polar surface area (TPSA) is 102 Å². The molecule has 4 N–H and O–H groups in total. The van der Waals surface area contributed by atoms with Gasteiger partial charge in [-0.2, -0.15) is 0 Å². The second kappa shape index (κ2) is 7.96. The summed E-state index contributed by atoms with van der Waals surface area (Å²) in [6.07, 6.45) is 0. The van der Waals surface area contributed by atoms with Crippen LogP contribution < -0.4 is 16.6 Å². The van der Waals surface area contributed by atoms with Gasteiger partial charge in [0.2, 0.25) is 0 Å². The van der Waals surface area contributed by atoms with Crippen molar-refractivity contribution >= 4 is 22.4 Å². The molecule has 1 heterocycles. The third-order valence-corrected chi connectivity index (χ3v) is 3.46. The molecule has 0 aliphatic heterocycles. The molecule has 102 valence electrons. The van der Waals surface area contributed by atoms with Crippen molar-refractivity contribution in [1.82, 2.24) is 9.97 Å². The Balaban J connectivity index is 2.63. The molecule has 7 nitrogen and oxygen atoms in total. The SMILES string of the molecule is CCS(=O)CCNc1cc(NN)nc(COC)n1. The third kappa shape index (κ3) is 4.94. The van der Waals surface area contributed by atoms with Crippen molar-refractivity contribution < 1.29 is 8.95 Å². The first kappa shape index (κ1) is 14.8. The molecule has 1 rings (SSSR count). The van der Waals surface area contributed by atoms with Gasteiger partial charge in [-0.05, 0) is 0 Å². The van der Waals surface area contributed by atoms with E-state index in [2.05, 4.69) is 20.7 Å². The van der Waals surface area contributed by atoms with Crippen LogP contribution in [-0.2, 0) is 22.1 Å². The summed E-state index contributed by atoms with van der Waals surface area (Å²) in [6, 6.07) is 1.69. The number of methoxy groups -OCH3 is 1. The Morgan fingerprint density at radius 3 is 2.78 bits per heavy atom. The lowest BCUT2D eigenvalue weighted by Crippen LogP contribution is -2.15. The normalized spacial score (nSPS) is 12.2. The molecular weight excluding hydrogens is 254 g/mol. The molecule has 0 bridgehead atoms. The number of hydrogen-bond donors (Lipinski definition) is 3. The van der Waals surface area contributed by atoms with Crippen molar-refractivity contribution in [3.05, 3.63) is 11.9 Å². The summed E-state index contributed by atoms with van der Waals surface area (Å²) in [6.45, 7) is 2.80. The first-order valence-corrected chi connectivity index (χ1v) is 7.10. The molecule has 0 amide bonds. The van der Waals surface area contributed by atoms with Crippen LogP contribution in [0.1, 0.15) is 12.7 Å². The van der Waals surface area contributed by atoms with Crippen LogP contribution in [0.25, 0.3) is 0 Å². The summed E-state index contributed by atoms with van der Waals surface area (Å²) in [5, 5.41) is 3.09. The van der Waals surface area contributed by atoms with Crippen molar-refractivity contribution in [2.24, 2.45) is 5.84 Å². The smallest absolute Gasteiger partial charge is 0.158 e. The van der Waals surface area contributed by atoms with E-state index >= 15 is 0 Å². The molecule has 0 fully saturated rings. The van der Waals surface area contributed by atoms with Crippen LogP contribution in [0.3, 0.4) is 0 Å². The highest BCUT2D eigenvalue weighted by Crippen LogP contribution is 2.10. The van der Waals surface area contributed by atoms with Crippen LogP contribution in [0.15, 0.2) is 6.07 Å². The highest BCUT2D eigenvalue weighted by atomic mass is 32.2. The van der Waals surface area contributed by atoms with Gasteiger partial charge in [0.05, 0.1) is 0 Å². The fourth-order valence-corrected chi connectivity index (χ4v) is 1.91. The van der Waals surface area contributed by atoms with E-state index in [1.54, 1.807) is 13.2 Å². The molecule has 0 saturated carbocycles. The van der Waals surface area contributed by atoms with E-state index in [0.717, 1.165) is 0 Å². The van der Waals surface area contributed by atoms with Crippen LogP contribution in [0.5, 0.6) is 0 Å². The number of nitrogens with one attached hydrogen (secondary N) is 2. The van der Waals surface area contributed by atoms with E-state index in [9.17, 15) is 4.21 Å². The fraction of sp³-hybridized carbons (Fsp3) is 0.600. The highest BCUT2D eigenvalue weighted by molar-refractivity contribution is 7.84. The number of ether oxygens (including phenoxy) is 1. The zero-order valence-corrected chi connectivity index (χ0v) is 11.4. The predicted octanol–water partition coefficient (Wildman–Crippen LogP) is 0.0891. The minimum absolute atomic E-state index is 0.311. The zero-order chi connectivity index (χ0) is 13.4. The summed E-state index contributed by atoms with van der Waals surface area (Å²) in [7, 11) is 0.785. The zero-order valence-electron chi connectivity index (χ0n) is 10.6. The average Bonchev–Trinajstić information content (AvgIpc) is 2.38. The Hall–Kier alpha value is -1.25. The average molecular weight is 273 g/mol. The summed E-state index contributed by atoms with van der Waals surface area (Å²) in [5.74, 6) is 8.26. The quantitative estimate of drug-likeness (QED) is 0.455. The lowest BCUT2D eigenvalue weighted by atomic mass is 10.5. The Morgan fingerprint density at radius 1 is 1.44 bits per heavy atom. The van der Waals surface area contributed by atoms with E-state index in [-0.39, 0.29) is 0 Å². The maximum atomic E-state index is 11.3. The monoisotopic (exact) mass is 273 g/mol. The molecule has 1 aromatic rings. The van der Waals surface area contributed by atoms with Gasteiger partial charge in [0.15, 0.2) is 5.82 Å². The van der Waals surface area contributed by atoms with Gasteiger partial charge >= 0.3 is 0 Å². The van der Waals surface area contributed by atoms with E-state index in [1.165, 1.54) is 0 Å². The number of anilines is 2. The molecule has 0 aliphatic rings. The molecule has 0 radical (unpaired) electrons. The molecule has 18 heavy (non-hydrogen) atoms. The van der Waals surface area contributed by atoms with Crippen LogP contribution in [0.2, 0.25) is 0 Å². The number of nitrogen functional groups attached to an aromatic ring is 1. The number of hydrazine groups is 1. The maximum absolute atomic E-state index is 11.3. The summed E-state index contributed by atoms with van der Waals surface area (Å²) < 4.78 is 16.3. The summed E-state index contributed by atoms with van der Waals surface area (Å²) in [5.41, 5.74) is 2.47. The Bertz CT molecular complexity index is 402. The van der Waals surface area contributed by atoms with Crippen LogP contribution in [0.4, 0.5) is 11.6 Å². The van der Waals surface area contributed by atoms with E-state index < -0.39 is 10.8 Å². The Labute approximate surface area is 109 Å².